The Kier molecular flexibility index (Phi) is 5.44. The summed E-state index contributed by atoms with van der Waals surface area (Å²) in [5.41, 5.74) is 2.42. The second kappa shape index (κ2) is 7.09. The Balaban J connectivity index is 2.40. The van der Waals surface area contributed by atoms with Crippen molar-refractivity contribution in [1.29, 1.82) is 0 Å². The number of rotatable bonds is 5. The van der Waals surface area contributed by atoms with Gasteiger partial charge < -0.3 is 5.32 Å². The molecule has 2 aromatic rings. The van der Waals surface area contributed by atoms with Crippen molar-refractivity contribution in [1.82, 2.24) is 5.32 Å². The first-order chi connectivity index (χ1) is 9.22. The lowest BCUT2D eigenvalue weighted by molar-refractivity contribution is 0.597. The molecule has 0 saturated carbocycles. The van der Waals surface area contributed by atoms with E-state index in [-0.39, 0.29) is 6.04 Å². The molecule has 0 radical (unpaired) electrons. The smallest absolute Gasteiger partial charge is 0.0588 e. The Hall–Kier alpha value is -0.830. The predicted molar refractivity (Wildman–Crippen MR) is 85.7 cm³/mol. The zero-order valence-corrected chi connectivity index (χ0v) is 13.2. The number of benzene rings is 2. The quantitative estimate of drug-likeness (QED) is 0.791. The molecule has 2 rings (SSSR count). The van der Waals surface area contributed by atoms with E-state index in [4.69, 9.17) is 11.6 Å². The third kappa shape index (κ3) is 3.82. The van der Waals surface area contributed by atoms with E-state index in [0.717, 1.165) is 22.5 Å². The van der Waals surface area contributed by atoms with E-state index in [0.29, 0.717) is 0 Å². The molecule has 1 N–H and O–H groups in total. The van der Waals surface area contributed by atoms with E-state index in [1.165, 1.54) is 11.1 Å². The van der Waals surface area contributed by atoms with E-state index in [2.05, 4.69) is 52.4 Å². The summed E-state index contributed by atoms with van der Waals surface area (Å²) in [6.45, 7) is 3.14. The fourth-order valence-electron chi connectivity index (χ4n) is 2.08. The first-order valence-corrected chi connectivity index (χ1v) is 7.62. The normalized spacial score (nSPS) is 12.4. The van der Waals surface area contributed by atoms with Crippen molar-refractivity contribution in [2.75, 3.05) is 6.54 Å². The van der Waals surface area contributed by atoms with Gasteiger partial charge in [-0.2, -0.15) is 0 Å². The Labute approximate surface area is 128 Å². The molecular weight excluding hydrogens is 322 g/mol. The van der Waals surface area contributed by atoms with Crippen LogP contribution >= 0.6 is 27.5 Å². The highest BCUT2D eigenvalue weighted by molar-refractivity contribution is 9.10. The van der Waals surface area contributed by atoms with Crippen LogP contribution in [-0.2, 0) is 0 Å². The molecule has 100 valence electrons. The molecule has 2 aromatic carbocycles. The van der Waals surface area contributed by atoms with E-state index in [1.54, 1.807) is 0 Å². The van der Waals surface area contributed by atoms with Gasteiger partial charge in [0.1, 0.15) is 0 Å². The average Bonchev–Trinajstić information content (AvgIpc) is 2.44. The van der Waals surface area contributed by atoms with E-state index in [1.807, 2.05) is 24.3 Å². The Bertz CT molecular complexity index is 528. The Morgan fingerprint density at radius 2 is 1.89 bits per heavy atom. The number of nitrogens with one attached hydrogen (secondary N) is 1. The average molecular weight is 339 g/mol. The van der Waals surface area contributed by atoms with Crippen LogP contribution in [0.3, 0.4) is 0 Å². The van der Waals surface area contributed by atoms with Crippen LogP contribution in [0.25, 0.3) is 0 Å². The van der Waals surface area contributed by atoms with Crippen LogP contribution in [0.5, 0.6) is 0 Å². The standard InChI is InChI=1S/C16H17BrClN/c1-2-10-19-16(12-6-4-3-5-7-12)14-11-13(18)8-9-15(14)17/h3-9,11,16,19H,2,10H2,1H3. The molecule has 0 aliphatic carbocycles. The lowest BCUT2D eigenvalue weighted by atomic mass is 9.98. The van der Waals surface area contributed by atoms with Gasteiger partial charge in [-0.1, -0.05) is 64.8 Å². The molecule has 0 aliphatic rings. The molecule has 1 atom stereocenters. The second-order valence-electron chi connectivity index (χ2n) is 4.46. The van der Waals surface area contributed by atoms with Crippen molar-refractivity contribution in [2.24, 2.45) is 0 Å². The van der Waals surface area contributed by atoms with Gasteiger partial charge in [0.2, 0.25) is 0 Å². The Morgan fingerprint density at radius 1 is 1.16 bits per heavy atom. The van der Waals surface area contributed by atoms with Gasteiger partial charge in [-0.05, 0) is 42.3 Å². The predicted octanol–water partition coefficient (Wildman–Crippen LogP) is 5.19. The van der Waals surface area contributed by atoms with Crippen molar-refractivity contribution in [2.45, 2.75) is 19.4 Å². The van der Waals surface area contributed by atoms with Crippen molar-refractivity contribution in [3.8, 4) is 0 Å². The van der Waals surface area contributed by atoms with Crippen LogP contribution < -0.4 is 5.32 Å². The fraction of sp³-hybridized carbons (Fsp3) is 0.250. The minimum atomic E-state index is 0.161. The molecule has 0 amide bonds. The van der Waals surface area contributed by atoms with Crippen molar-refractivity contribution in [3.05, 3.63) is 69.2 Å². The lowest BCUT2D eigenvalue weighted by Gasteiger charge is -2.21. The summed E-state index contributed by atoms with van der Waals surface area (Å²) in [5, 5.41) is 4.34. The number of hydrogen-bond acceptors (Lipinski definition) is 1. The second-order valence-corrected chi connectivity index (χ2v) is 5.75. The summed E-state index contributed by atoms with van der Waals surface area (Å²) < 4.78 is 1.08. The number of halogens is 2. The van der Waals surface area contributed by atoms with Gasteiger partial charge in [0, 0.05) is 9.50 Å². The summed E-state index contributed by atoms with van der Waals surface area (Å²) in [5.74, 6) is 0. The SMILES string of the molecule is CCCNC(c1ccccc1)c1cc(Cl)ccc1Br. The summed E-state index contributed by atoms with van der Waals surface area (Å²) in [7, 11) is 0. The van der Waals surface area contributed by atoms with Gasteiger partial charge in [-0.15, -0.1) is 0 Å². The highest BCUT2D eigenvalue weighted by Crippen LogP contribution is 2.30. The summed E-state index contributed by atoms with van der Waals surface area (Å²) in [4.78, 5) is 0. The molecular formula is C16H17BrClN. The maximum absolute atomic E-state index is 6.13. The van der Waals surface area contributed by atoms with Crippen molar-refractivity contribution in [3.63, 3.8) is 0 Å². The maximum Gasteiger partial charge on any atom is 0.0588 e. The maximum atomic E-state index is 6.13. The summed E-state index contributed by atoms with van der Waals surface area (Å²) >= 11 is 9.76. The van der Waals surface area contributed by atoms with Crippen LogP contribution in [0, 0.1) is 0 Å². The van der Waals surface area contributed by atoms with Gasteiger partial charge in [0.25, 0.3) is 0 Å². The van der Waals surface area contributed by atoms with Gasteiger partial charge in [0.05, 0.1) is 6.04 Å². The third-order valence-corrected chi connectivity index (χ3v) is 3.96. The minimum Gasteiger partial charge on any atom is -0.306 e. The third-order valence-electron chi connectivity index (χ3n) is 3.00. The first-order valence-electron chi connectivity index (χ1n) is 6.45. The monoisotopic (exact) mass is 337 g/mol. The molecule has 1 unspecified atom stereocenters. The van der Waals surface area contributed by atoms with Crippen molar-refractivity contribution >= 4 is 27.5 Å². The Morgan fingerprint density at radius 3 is 2.58 bits per heavy atom. The fourth-order valence-corrected chi connectivity index (χ4v) is 2.73. The molecule has 19 heavy (non-hydrogen) atoms. The summed E-state index contributed by atoms with van der Waals surface area (Å²) in [6, 6.07) is 16.5. The van der Waals surface area contributed by atoms with Crippen LogP contribution in [-0.4, -0.2) is 6.54 Å². The highest BCUT2D eigenvalue weighted by Gasteiger charge is 2.16. The van der Waals surface area contributed by atoms with Crippen LogP contribution in [0.4, 0.5) is 0 Å². The van der Waals surface area contributed by atoms with Gasteiger partial charge >= 0.3 is 0 Å². The largest absolute Gasteiger partial charge is 0.306 e. The lowest BCUT2D eigenvalue weighted by Crippen LogP contribution is -2.23. The van der Waals surface area contributed by atoms with Crippen molar-refractivity contribution < 1.29 is 0 Å². The zero-order chi connectivity index (χ0) is 13.7. The van der Waals surface area contributed by atoms with Gasteiger partial charge in [-0.25, -0.2) is 0 Å². The van der Waals surface area contributed by atoms with Crippen LogP contribution in [0.2, 0.25) is 5.02 Å². The van der Waals surface area contributed by atoms with E-state index >= 15 is 0 Å². The zero-order valence-electron chi connectivity index (χ0n) is 10.9. The molecule has 3 heteroatoms. The molecule has 0 fully saturated rings. The highest BCUT2D eigenvalue weighted by atomic mass is 79.9. The molecule has 0 bridgehead atoms. The van der Waals surface area contributed by atoms with Gasteiger partial charge in [0.15, 0.2) is 0 Å². The van der Waals surface area contributed by atoms with Crippen LogP contribution in [0.15, 0.2) is 53.0 Å². The van der Waals surface area contributed by atoms with Gasteiger partial charge in [-0.3, -0.25) is 0 Å². The summed E-state index contributed by atoms with van der Waals surface area (Å²) in [6.07, 6.45) is 1.10. The first kappa shape index (κ1) is 14.6. The number of hydrogen-bond donors (Lipinski definition) is 1. The molecule has 0 heterocycles. The minimum absolute atomic E-state index is 0.161. The molecule has 0 spiro atoms. The van der Waals surface area contributed by atoms with Crippen LogP contribution in [0.1, 0.15) is 30.5 Å². The molecule has 1 nitrogen and oxygen atoms in total. The van der Waals surface area contributed by atoms with E-state index < -0.39 is 0 Å². The molecule has 0 aliphatic heterocycles. The van der Waals surface area contributed by atoms with E-state index in [9.17, 15) is 0 Å². The molecule has 0 saturated heterocycles. The topological polar surface area (TPSA) is 12.0 Å². The molecule has 0 aromatic heterocycles.